The van der Waals surface area contributed by atoms with Crippen molar-refractivity contribution in [2.75, 3.05) is 24.6 Å². The van der Waals surface area contributed by atoms with Gasteiger partial charge in [0.15, 0.2) is 5.82 Å². The van der Waals surface area contributed by atoms with Gasteiger partial charge < -0.3 is 9.64 Å². The highest BCUT2D eigenvalue weighted by molar-refractivity contribution is 5.57. The Labute approximate surface area is 157 Å². The largest absolute Gasteiger partial charge is 0.370 e. The van der Waals surface area contributed by atoms with Crippen LogP contribution >= 0.6 is 0 Å². The van der Waals surface area contributed by atoms with Gasteiger partial charge in [-0.15, -0.1) is 0 Å². The lowest BCUT2D eigenvalue weighted by molar-refractivity contribution is 0.0393. The monoisotopic (exact) mass is 364 g/mol. The van der Waals surface area contributed by atoms with Gasteiger partial charge in [0.05, 0.1) is 6.61 Å². The summed E-state index contributed by atoms with van der Waals surface area (Å²) in [4.78, 5) is 16.0. The van der Waals surface area contributed by atoms with Gasteiger partial charge in [0, 0.05) is 30.5 Å². The maximum Gasteiger partial charge on any atom is 0.180 e. The smallest absolute Gasteiger partial charge is 0.180 e. The Kier molecular flexibility index (Phi) is 4.81. The van der Waals surface area contributed by atoms with Crippen LogP contribution in [0.15, 0.2) is 48.7 Å². The van der Waals surface area contributed by atoms with Gasteiger partial charge in [-0.25, -0.2) is 14.4 Å². The number of morpholine rings is 1. The number of benzene rings is 1. The molecule has 1 aliphatic rings. The minimum atomic E-state index is -0.250. The van der Waals surface area contributed by atoms with Crippen LogP contribution in [-0.2, 0) is 4.74 Å². The molecule has 1 atom stereocenters. The van der Waals surface area contributed by atoms with E-state index in [0.717, 1.165) is 34.9 Å². The van der Waals surface area contributed by atoms with Crippen LogP contribution in [0.25, 0.3) is 11.5 Å². The molecular weight excluding hydrogens is 343 g/mol. The van der Waals surface area contributed by atoms with Crippen LogP contribution in [0, 0.1) is 19.7 Å². The molecule has 1 unspecified atom stereocenters. The van der Waals surface area contributed by atoms with Crippen LogP contribution in [0.2, 0.25) is 0 Å². The number of hydrogen-bond donors (Lipinski definition) is 0. The van der Waals surface area contributed by atoms with Gasteiger partial charge in [-0.3, -0.25) is 4.98 Å². The molecule has 1 aliphatic heterocycles. The average Bonchev–Trinajstić information content (AvgIpc) is 2.71. The zero-order valence-electron chi connectivity index (χ0n) is 15.4. The molecule has 0 spiro atoms. The fourth-order valence-corrected chi connectivity index (χ4v) is 3.28. The molecule has 0 N–H and O–H groups in total. The molecule has 5 nitrogen and oxygen atoms in total. The quantitative estimate of drug-likeness (QED) is 0.706. The van der Waals surface area contributed by atoms with Gasteiger partial charge >= 0.3 is 0 Å². The second kappa shape index (κ2) is 7.40. The van der Waals surface area contributed by atoms with E-state index in [-0.39, 0.29) is 11.9 Å². The van der Waals surface area contributed by atoms with Gasteiger partial charge in [0.2, 0.25) is 0 Å². The normalized spacial score (nSPS) is 17.1. The molecule has 0 amide bonds. The Morgan fingerprint density at radius 1 is 1.11 bits per heavy atom. The topological polar surface area (TPSA) is 51.1 Å². The van der Waals surface area contributed by atoms with Crippen molar-refractivity contribution in [1.82, 2.24) is 15.0 Å². The van der Waals surface area contributed by atoms with Gasteiger partial charge in [-0.1, -0.05) is 18.2 Å². The summed E-state index contributed by atoms with van der Waals surface area (Å²) in [6.07, 6.45) is 1.55. The molecule has 2 aromatic heterocycles. The molecule has 0 aliphatic carbocycles. The highest BCUT2D eigenvalue weighted by Crippen LogP contribution is 2.29. The number of rotatable bonds is 3. The molecule has 3 heterocycles. The van der Waals surface area contributed by atoms with E-state index in [0.29, 0.717) is 19.0 Å². The van der Waals surface area contributed by atoms with Crippen LogP contribution in [0.3, 0.4) is 0 Å². The third kappa shape index (κ3) is 3.66. The van der Waals surface area contributed by atoms with E-state index in [1.807, 2.05) is 38.1 Å². The molecule has 1 aromatic carbocycles. The number of pyridine rings is 1. The first-order valence-corrected chi connectivity index (χ1v) is 9.00. The van der Waals surface area contributed by atoms with Crippen molar-refractivity contribution in [3.8, 4) is 11.5 Å². The standard InChI is InChI=1S/C21H21FN4O/c1-14-15(2)24-20(18-8-3-4-9-23-18)25-21(14)26-10-11-27-19(13-26)16-6-5-7-17(22)12-16/h3-9,12,19H,10-11,13H2,1-2H3. The zero-order chi connectivity index (χ0) is 18.8. The van der Waals surface area contributed by atoms with E-state index in [9.17, 15) is 4.39 Å². The van der Waals surface area contributed by atoms with Crippen molar-refractivity contribution in [2.24, 2.45) is 0 Å². The second-order valence-corrected chi connectivity index (χ2v) is 6.66. The summed E-state index contributed by atoms with van der Waals surface area (Å²) in [6.45, 7) is 5.91. The van der Waals surface area contributed by atoms with Crippen LogP contribution in [0.1, 0.15) is 22.9 Å². The summed E-state index contributed by atoms with van der Waals surface area (Å²) in [5, 5.41) is 0. The molecule has 1 fully saturated rings. The first-order chi connectivity index (χ1) is 13.1. The van der Waals surface area contributed by atoms with Crippen LogP contribution in [-0.4, -0.2) is 34.6 Å². The van der Waals surface area contributed by atoms with Crippen molar-refractivity contribution in [3.05, 3.63) is 71.3 Å². The lowest BCUT2D eigenvalue weighted by atomic mass is 10.1. The van der Waals surface area contributed by atoms with Crippen molar-refractivity contribution in [2.45, 2.75) is 20.0 Å². The number of ether oxygens (including phenoxy) is 1. The third-order valence-electron chi connectivity index (χ3n) is 4.84. The van der Waals surface area contributed by atoms with Crippen LogP contribution < -0.4 is 4.90 Å². The van der Waals surface area contributed by atoms with E-state index >= 15 is 0 Å². The van der Waals surface area contributed by atoms with Gasteiger partial charge in [0.1, 0.15) is 23.4 Å². The molecule has 0 radical (unpaired) electrons. The number of hydrogen-bond acceptors (Lipinski definition) is 5. The molecule has 4 rings (SSSR count). The van der Waals surface area contributed by atoms with Crippen LogP contribution in [0.5, 0.6) is 0 Å². The summed E-state index contributed by atoms with van der Waals surface area (Å²) in [6, 6.07) is 12.3. The first-order valence-electron chi connectivity index (χ1n) is 9.00. The molecule has 138 valence electrons. The number of aryl methyl sites for hydroxylation is 1. The highest BCUT2D eigenvalue weighted by atomic mass is 19.1. The van der Waals surface area contributed by atoms with Gasteiger partial charge in [0.25, 0.3) is 0 Å². The fraction of sp³-hybridized carbons (Fsp3) is 0.286. The van der Waals surface area contributed by atoms with E-state index < -0.39 is 0 Å². The average molecular weight is 364 g/mol. The lowest BCUT2D eigenvalue weighted by Gasteiger charge is -2.35. The highest BCUT2D eigenvalue weighted by Gasteiger charge is 2.25. The molecule has 0 saturated carbocycles. The summed E-state index contributed by atoms with van der Waals surface area (Å²) >= 11 is 0. The molecule has 6 heteroatoms. The van der Waals surface area contributed by atoms with E-state index in [4.69, 9.17) is 9.72 Å². The number of aromatic nitrogens is 3. The first kappa shape index (κ1) is 17.5. The van der Waals surface area contributed by atoms with Gasteiger partial charge in [-0.2, -0.15) is 0 Å². The molecule has 3 aromatic rings. The Balaban J connectivity index is 1.67. The number of nitrogens with zero attached hydrogens (tertiary/aromatic N) is 4. The van der Waals surface area contributed by atoms with Crippen molar-refractivity contribution < 1.29 is 9.13 Å². The SMILES string of the molecule is Cc1nc(-c2ccccn2)nc(N2CCOC(c3cccc(F)c3)C2)c1C. The minimum absolute atomic E-state index is 0.192. The Bertz CT molecular complexity index is 948. The van der Waals surface area contributed by atoms with E-state index in [1.165, 1.54) is 12.1 Å². The Hall–Kier alpha value is -2.86. The summed E-state index contributed by atoms with van der Waals surface area (Å²) in [7, 11) is 0. The predicted molar refractivity (Wildman–Crippen MR) is 102 cm³/mol. The molecule has 0 bridgehead atoms. The second-order valence-electron chi connectivity index (χ2n) is 6.66. The number of halogens is 1. The minimum Gasteiger partial charge on any atom is -0.370 e. The maximum atomic E-state index is 13.6. The van der Waals surface area contributed by atoms with Crippen molar-refractivity contribution in [3.63, 3.8) is 0 Å². The molecule has 1 saturated heterocycles. The lowest BCUT2D eigenvalue weighted by Crippen LogP contribution is -2.39. The number of anilines is 1. The van der Waals surface area contributed by atoms with Gasteiger partial charge in [-0.05, 0) is 43.7 Å². The summed E-state index contributed by atoms with van der Waals surface area (Å²) < 4.78 is 19.5. The summed E-state index contributed by atoms with van der Waals surface area (Å²) in [5.74, 6) is 1.25. The van der Waals surface area contributed by atoms with Crippen LogP contribution in [0.4, 0.5) is 10.2 Å². The Morgan fingerprint density at radius 3 is 2.78 bits per heavy atom. The van der Waals surface area contributed by atoms with E-state index in [2.05, 4.69) is 14.9 Å². The molecular formula is C21H21FN4O. The van der Waals surface area contributed by atoms with E-state index in [1.54, 1.807) is 12.3 Å². The maximum absolute atomic E-state index is 13.6. The zero-order valence-corrected chi connectivity index (χ0v) is 15.4. The van der Waals surface area contributed by atoms with Crippen molar-refractivity contribution in [1.29, 1.82) is 0 Å². The molecule has 27 heavy (non-hydrogen) atoms. The predicted octanol–water partition coefficient (Wildman–Crippen LogP) is 3.87. The Morgan fingerprint density at radius 2 is 2.00 bits per heavy atom. The third-order valence-corrected chi connectivity index (χ3v) is 4.84. The van der Waals surface area contributed by atoms with Crippen molar-refractivity contribution >= 4 is 5.82 Å². The fourth-order valence-electron chi connectivity index (χ4n) is 3.28. The summed E-state index contributed by atoms with van der Waals surface area (Å²) in [5.41, 5.74) is 3.55.